The second-order valence-electron chi connectivity index (χ2n) is 3.10. The van der Waals surface area contributed by atoms with Gasteiger partial charge in [0, 0.05) is 17.9 Å². The lowest BCUT2D eigenvalue weighted by Gasteiger charge is -2.18. The Hall–Kier alpha value is -1.03. The van der Waals surface area contributed by atoms with E-state index in [0.717, 1.165) is 18.2 Å². The molecule has 74 valence electrons. The molecule has 0 N–H and O–H groups in total. The van der Waals surface area contributed by atoms with Crippen LogP contribution in [-0.4, -0.2) is 24.5 Å². The van der Waals surface area contributed by atoms with Crippen molar-refractivity contribution < 1.29 is 9.18 Å². The molecule has 0 radical (unpaired) electrons. The van der Waals surface area contributed by atoms with E-state index >= 15 is 0 Å². The minimum absolute atomic E-state index is 0.308. The Kier molecular flexibility index (Phi) is 2.72. The lowest BCUT2D eigenvalue weighted by Crippen LogP contribution is -2.20. The Morgan fingerprint density at radius 3 is 3.00 bits per heavy atom. The van der Waals surface area contributed by atoms with Crippen LogP contribution in [0.4, 0.5) is 10.1 Å². The zero-order chi connectivity index (χ0) is 9.97. The van der Waals surface area contributed by atoms with Crippen molar-refractivity contribution >= 4 is 23.7 Å². The Bertz CT molecular complexity index is 350. The van der Waals surface area contributed by atoms with Crippen LogP contribution in [0.2, 0.25) is 0 Å². The van der Waals surface area contributed by atoms with E-state index < -0.39 is 0 Å². The molecule has 0 amide bonds. The van der Waals surface area contributed by atoms with Gasteiger partial charge < -0.3 is 4.90 Å². The number of carbonyl (C=O) groups is 1. The maximum atomic E-state index is 13.5. The lowest BCUT2D eigenvalue weighted by atomic mass is 10.1. The SMILES string of the molecule is O=Cc1cccc(F)c1N1CCSC1. The summed E-state index contributed by atoms with van der Waals surface area (Å²) in [7, 11) is 0. The lowest BCUT2D eigenvalue weighted by molar-refractivity contribution is 0.112. The molecular weight excluding hydrogens is 201 g/mol. The minimum atomic E-state index is -0.308. The van der Waals surface area contributed by atoms with Gasteiger partial charge in [0.15, 0.2) is 6.29 Å². The summed E-state index contributed by atoms with van der Waals surface area (Å²) in [5, 5.41) is 0. The second kappa shape index (κ2) is 4.00. The molecule has 1 fully saturated rings. The molecule has 2 nitrogen and oxygen atoms in total. The first-order valence-electron chi connectivity index (χ1n) is 4.39. The van der Waals surface area contributed by atoms with E-state index in [0.29, 0.717) is 17.5 Å². The van der Waals surface area contributed by atoms with Crippen LogP contribution in [0.25, 0.3) is 0 Å². The Labute approximate surface area is 86.1 Å². The Morgan fingerprint density at radius 2 is 2.36 bits per heavy atom. The summed E-state index contributed by atoms with van der Waals surface area (Å²) < 4.78 is 13.5. The first kappa shape index (κ1) is 9.52. The van der Waals surface area contributed by atoms with Crippen LogP contribution in [0.1, 0.15) is 10.4 Å². The highest BCUT2D eigenvalue weighted by atomic mass is 32.2. The molecule has 0 spiro atoms. The van der Waals surface area contributed by atoms with Crippen molar-refractivity contribution in [1.29, 1.82) is 0 Å². The number of para-hydroxylation sites is 1. The van der Waals surface area contributed by atoms with Crippen molar-refractivity contribution in [3.63, 3.8) is 0 Å². The van der Waals surface area contributed by atoms with E-state index in [9.17, 15) is 9.18 Å². The predicted molar refractivity (Wildman–Crippen MR) is 56.5 cm³/mol. The van der Waals surface area contributed by atoms with Gasteiger partial charge in [0.05, 0.1) is 11.6 Å². The van der Waals surface area contributed by atoms with Crippen molar-refractivity contribution in [1.82, 2.24) is 0 Å². The van der Waals surface area contributed by atoms with E-state index in [4.69, 9.17) is 0 Å². The van der Waals surface area contributed by atoms with Crippen LogP contribution in [0.15, 0.2) is 18.2 Å². The van der Waals surface area contributed by atoms with E-state index in [-0.39, 0.29) is 5.82 Å². The summed E-state index contributed by atoms with van der Waals surface area (Å²) in [5.74, 6) is 1.45. The molecule has 0 atom stereocenters. The smallest absolute Gasteiger partial charge is 0.152 e. The van der Waals surface area contributed by atoms with Crippen LogP contribution in [0, 0.1) is 5.82 Å². The topological polar surface area (TPSA) is 20.3 Å². The first-order valence-corrected chi connectivity index (χ1v) is 5.55. The molecule has 14 heavy (non-hydrogen) atoms. The fourth-order valence-electron chi connectivity index (χ4n) is 1.55. The molecule has 0 saturated carbocycles. The van der Waals surface area contributed by atoms with Gasteiger partial charge in [-0.15, -0.1) is 11.8 Å². The highest BCUT2D eigenvalue weighted by molar-refractivity contribution is 7.99. The van der Waals surface area contributed by atoms with Crippen molar-refractivity contribution in [3.05, 3.63) is 29.6 Å². The van der Waals surface area contributed by atoms with Gasteiger partial charge in [-0.3, -0.25) is 4.79 Å². The highest BCUT2D eigenvalue weighted by Crippen LogP contribution is 2.28. The van der Waals surface area contributed by atoms with Crippen LogP contribution in [-0.2, 0) is 0 Å². The fourth-order valence-corrected chi connectivity index (χ4v) is 2.51. The van der Waals surface area contributed by atoms with Crippen LogP contribution in [0.3, 0.4) is 0 Å². The molecule has 0 aliphatic carbocycles. The monoisotopic (exact) mass is 211 g/mol. The number of aldehydes is 1. The van der Waals surface area contributed by atoms with Gasteiger partial charge in [0.25, 0.3) is 0 Å². The molecule has 2 rings (SSSR count). The number of rotatable bonds is 2. The highest BCUT2D eigenvalue weighted by Gasteiger charge is 2.19. The average molecular weight is 211 g/mol. The van der Waals surface area contributed by atoms with Gasteiger partial charge in [-0.2, -0.15) is 0 Å². The molecular formula is C10H10FNOS. The van der Waals surface area contributed by atoms with Gasteiger partial charge in [0.2, 0.25) is 0 Å². The summed E-state index contributed by atoms with van der Waals surface area (Å²) in [5.41, 5.74) is 0.889. The van der Waals surface area contributed by atoms with Gasteiger partial charge >= 0.3 is 0 Å². The number of halogens is 1. The van der Waals surface area contributed by atoms with Gasteiger partial charge in [-0.1, -0.05) is 6.07 Å². The van der Waals surface area contributed by atoms with Gasteiger partial charge in [-0.05, 0) is 12.1 Å². The van der Waals surface area contributed by atoms with Crippen molar-refractivity contribution in [3.8, 4) is 0 Å². The van der Waals surface area contributed by atoms with Crippen molar-refractivity contribution in [2.24, 2.45) is 0 Å². The largest absolute Gasteiger partial charge is 0.358 e. The fraction of sp³-hybridized carbons (Fsp3) is 0.300. The molecule has 4 heteroatoms. The van der Waals surface area contributed by atoms with Crippen molar-refractivity contribution in [2.45, 2.75) is 0 Å². The summed E-state index contributed by atoms with van der Waals surface area (Å²) in [4.78, 5) is 12.6. The van der Waals surface area contributed by atoms with Crippen LogP contribution >= 0.6 is 11.8 Å². The van der Waals surface area contributed by atoms with Crippen molar-refractivity contribution in [2.75, 3.05) is 23.1 Å². The van der Waals surface area contributed by atoms with Crippen LogP contribution in [0.5, 0.6) is 0 Å². The predicted octanol–water partition coefficient (Wildman–Crippen LogP) is 2.15. The Morgan fingerprint density at radius 1 is 1.50 bits per heavy atom. The summed E-state index contributed by atoms with van der Waals surface area (Å²) in [6, 6.07) is 4.60. The number of benzene rings is 1. The number of carbonyl (C=O) groups excluding carboxylic acids is 1. The molecule has 1 aromatic rings. The van der Waals surface area contributed by atoms with E-state index in [1.807, 2.05) is 4.90 Å². The van der Waals surface area contributed by atoms with Gasteiger partial charge in [-0.25, -0.2) is 4.39 Å². The maximum Gasteiger partial charge on any atom is 0.152 e. The third-order valence-electron chi connectivity index (χ3n) is 2.21. The quantitative estimate of drug-likeness (QED) is 0.699. The molecule has 1 aliphatic heterocycles. The maximum absolute atomic E-state index is 13.5. The summed E-state index contributed by atoms with van der Waals surface area (Å²) >= 11 is 1.75. The molecule has 1 heterocycles. The summed E-state index contributed by atoms with van der Waals surface area (Å²) in [6.45, 7) is 0.812. The minimum Gasteiger partial charge on any atom is -0.358 e. The first-order chi connectivity index (χ1) is 6.83. The Balaban J connectivity index is 2.42. The molecule has 0 bridgehead atoms. The number of anilines is 1. The van der Waals surface area contributed by atoms with E-state index in [1.165, 1.54) is 6.07 Å². The van der Waals surface area contributed by atoms with E-state index in [1.54, 1.807) is 23.9 Å². The molecule has 1 aromatic carbocycles. The molecule has 1 aliphatic rings. The average Bonchev–Trinajstić information content (AvgIpc) is 2.70. The molecule has 1 saturated heterocycles. The van der Waals surface area contributed by atoms with Gasteiger partial charge in [0.1, 0.15) is 5.82 Å². The number of thioether (sulfide) groups is 1. The standard InChI is InChI=1S/C10H10FNOS/c11-9-3-1-2-8(6-13)10(9)12-4-5-14-7-12/h1-3,6H,4-5,7H2. The third-order valence-corrected chi connectivity index (χ3v) is 3.18. The molecule has 0 unspecified atom stereocenters. The number of hydrogen-bond donors (Lipinski definition) is 0. The zero-order valence-electron chi connectivity index (χ0n) is 7.57. The normalized spacial score (nSPS) is 15.9. The number of hydrogen-bond acceptors (Lipinski definition) is 3. The second-order valence-corrected chi connectivity index (χ2v) is 4.17. The zero-order valence-corrected chi connectivity index (χ0v) is 8.39. The van der Waals surface area contributed by atoms with E-state index in [2.05, 4.69) is 0 Å². The molecule has 0 aromatic heterocycles. The van der Waals surface area contributed by atoms with Crippen LogP contribution < -0.4 is 4.90 Å². The number of nitrogens with zero attached hydrogens (tertiary/aromatic N) is 1. The third kappa shape index (κ3) is 1.62. The summed E-state index contributed by atoms with van der Waals surface area (Å²) in [6.07, 6.45) is 0.710.